The molecule has 0 saturated carbocycles. The number of carbonyl (C=O) groups excluding carboxylic acids is 1. The van der Waals surface area contributed by atoms with Crippen LogP contribution >= 0.6 is 0 Å². The van der Waals surface area contributed by atoms with Gasteiger partial charge in [-0.1, -0.05) is 41.5 Å². The number of nitro groups is 1. The van der Waals surface area contributed by atoms with Crippen LogP contribution < -0.4 is 5.32 Å². The van der Waals surface area contributed by atoms with Gasteiger partial charge in [-0.05, 0) is 60.4 Å². The molecule has 1 amide bonds. The number of nitrogens with zero attached hydrogens (tertiary/aromatic N) is 1. The summed E-state index contributed by atoms with van der Waals surface area (Å²) >= 11 is 0. The van der Waals surface area contributed by atoms with E-state index in [9.17, 15) is 20.0 Å². The number of benzene rings is 1. The number of carbonyl (C=O) groups is 1. The highest BCUT2D eigenvalue weighted by Gasteiger charge is 2.43. The second kappa shape index (κ2) is 12.1. The Balaban J connectivity index is 3.48. The normalized spacial score (nSPS) is 14.9. The maximum absolute atomic E-state index is 12.8. The van der Waals surface area contributed by atoms with Crippen molar-refractivity contribution < 1.29 is 23.7 Å². The second-order valence-electron chi connectivity index (χ2n) is 12.2. The van der Waals surface area contributed by atoms with Gasteiger partial charge in [0, 0.05) is 25.2 Å². The van der Waals surface area contributed by atoms with Crippen LogP contribution in [0.3, 0.4) is 0 Å². The predicted molar refractivity (Wildman–Crippen MR) is 146 cm³/mol. The van der Waals surface area contributed by atoms with E-state index >= 15 is 0 Å². The van der Waals surface area contributed by atoms with Crippen molar-refractivity contribution in [3.05, 3.63) is 39.9 Å². The third kappa shape index (κ3) is 9.09. The number of hydrogen-bond acceptors (Lipinski definition) is 6. The van der Waals surface area contributed by atoms with Crippen molar-refractivity contribution in [2.75, 3.05) is 13.2 Å². The van der Waals surface area contributed by atoms with Crippen molar-refractivity contribution in [3.8, 4) is 0 Å². The van der Waals surface area contributed by atoms with Gasteiger partial charge in [-0.25, -0.2) is 0 Å². The number of aliphatic hydroxyl groups excluding tert-OH is 1. The Morgan fingerprint density at radius 2 is 1.54 bits per heavy atom. The maximum atomic E-state index is 12.8. The van der Waals surface area contributed by atoms with Crippen LogP contribution in [0.5, 0.6) is 0 Å². The Hall–Kier alpha value is -1.60. The summed E-state index contributed by atoms with van der Waals surface area (Å²) in [5.74, 6) is -0.186. The van der Waals surface area contributed by atoms with Gasteiger partial charge in [-0.3, -0.25) is 14.9 Å². The number of nitro benzene ring substituents is 1. The van der Waals surface area contributed by atoms with Gasteiger partial charge in [-0.15, -0.1) is 0 Å². The van der Waals surface area contributed by atoms with E-state index in [1.807, 2.05) is 0 Å². The number of non-ortho nitro benzene ring substituents is 1. The third-order valence-electron chi connectivity index (χ3n) is 7.36. The van der Waals surface area contributed by atoms with E-state index in [0.29, 0.717) is 6.42 Å². The van der Waals surface area contributed by atoms with Crippen LogP contribution in [0.1, 0.15) is 66.1 Å². The van der Waals surface area contributed by atoms with Crippen LogP contribution in [0.2, 0.25) is 36.3 Å². The molecule has 0 aromatic heterocycles. The fourth-order valence-corrected chi connectivity index (χ4v) is 5.22. The highest BCUT2D eigenvalue weighted by molar-refractivity contribution is 6.74. The highest BCUT2D eigenvalue weighted by Crippen LogP contribution is 2.42. The summed E-state index contributed by atoms with van der Waals surface area (Å²) in [6, 6.07) is 5.85. The van der Waals surface area contributed by atoms with Crippen molar-refractivity contribution in [2.45, 2.75) is 103 Å². The Morgan fingerprint density at radius 3 is 1.97 bits per heavy atom. The summed E-state index contributed by atoms with van der Waals surface area (Å²) in [6.45, 7) is 21.7. The molecular formula is C25H46N2O6Si2. The minimum Gasteiger partial charge on any atom is -0.415 e. The SMILES string of the molecule is CC(C)(C)[Si](C)(C)OCC(NC(=O)CCCO)C(O[Si](C)(C)C(C)(C)C)c1ccc([N+](=O)[O-])cc1. The zero-order chi connectivity index (χ0) is 27.2. The van der Waals surface area contributed by atoms with Crippen molar-refractivity contribution >= 4 is 28.2 Å². The molecule has 0 radical (unpaired) electrons. The van der Waals surface area contributed by atoms with Crippen molar-refractivity contribution in [2.24, 2.45) is 0 Å². The fraction of sp³-hybridized carbons (Fsp3) is 0.720. The van der Waals surface area contributed by atoms with Crippen molar-refractivity contribution in [1.82, 2.24) is 5.32 Å². The second-order valence-corrected chi connectivity index (χ2v) is 21.8. The first-order chi connectivity index (χ1) is 15.8. The number of hydrogen-bond donors (Lipinski definition) is 2. The summed E-state index contributed by atoms with van der Waals surface area (Å²) in [7, 11) is -4.44. The Labute approximate surface area is 213 Å². The van der Waals surface area contributed by atoms with Gasteiger partial charge < -0.3 is 19.3 Å². The molecule has 1 aromatic carbocycles. The molecule has 0 spiro atoms. The Kier molecular flexibility index (Phi) is 10.9. The first-order valence-electron chi connectivity index (χ1n) is 12.3. The monoisotopic (exact) mass is 526 g/mol. The van der Waals surface area contributed by atoms with Gasteiger partial charge in [0.2, 0.25) is 5.91 Å². The maximum Gasteiger partial charge on any atom is 0.269 e. The molecule has 0 aliphatic rings. The van der Waals surface area contributed by atoms with Crippen molar-refractivity contribution in [1.29, 1.82) is 0 Å². The predicted octanol–water partition coefficient (Wildman–Crippen LogP) is 5.94. The summed E-state index contributed by atoms with van der Waals surface area (Å²) in [5.41, 5.74) is 0.757. The van der Waals surface area contributed by atoms with Crippen LogP contribution in [-0.2, 0) is 13.6 Å². The van der Waals surface area contributed by atoms with Gasteiger partial charge in [0.25, 0.3) is 5.69 Å². The van der Waals surface area contributed by atoms with E-state index in [0.717, 1.165) is 5.56 Å². The molecule has 200 valence electrons. The standard InChI is InChI=1S/C25H46N2O6Si2/c1-24(2,3)34(7,8)32-18-21(26-22(29)12-11-17-28)23(33-35(9,10)25(4,5)6)19-13-15-20(16-14-19)27(30)31/h13-16,21,23,28H,11-12,17-18H2,1-10H3,(H,26,29). The molecular weight excluding hydrogens is 480 g/mol. The van der Waals surface area contributed by atoms with Crippen LogP contribution in [0.15, 0.2) is 24.3 Å². The Bertz CT molecular complexity index is 845. The summed E-state index contributed by atoms with van der Waals surface area (Å²) in [4.78, 5) is 23.6. The average molecular weight is 527 g/mol. The average Bonchev–Trinajstić information content (AvgIpc) is 2.72. The lowest BCUT2D eigenvalue weighted by Gasteiger charge is -2.43. The van der Waals surface area contributed by atoms with Crippen LogP contribution in [0, 0.1) is 10.1 Å². The van der Waals surface area contributed by atoms with E-state index in [-0.39, 0.29) is 41.3 Å². The minimum atomic E-state index is -2.31. The molecule has 2 unspecified atom stereocenters. The largest absolute Gasteiger partial charge is 0.415 e. The van der Waals surface area contributed by atoms with E-state index in [1.54, 1.807) is 12.1 Å². The number of nitrogens with one attached hydrogen (secondary N) is 1. The quantitative estimate of drug-likeness (QED) is 0.198. The van der Waals surface area contributed by atoms with Crippen LogP contribution in [-0.4, -0.2) is 51.8 Å². The molecule has 1 rings (SSSR count). The molecule has 0 bridgehead atoms. The molecule has 0 aliphatic heterocycles. The highest BCUT2D eigenvalue weighted by atomic mass is 28.4. The van der Waals surface area contributed by atoms with Gasteiger partial charge in [0.05, 0.1) is 23.7 Å². The molecule has 35 heavy (non-hydrogen) atoms. The Morgan fingerprint density at radius 1 is 1.03 bits per heavy atom. The minimum absolute atomic E-state index is 0.000816. The van der Waals surface area contributed by atoms with E-state index in [4.69, 9.17) is 8.85 Å². The van der Waals surface area contributed by atoms with Crippen molar-refractivity contribution in [3.63, 3.8) is 0 Å². The topological polar surface area (TPSA) is 111 Å². The van der Waals surface area contributed by atoms with Crippen LogP contribution in [0.4, 0.5) is 5.69 Å². The third-order valence-corrected chi connectivity index (χ3v) is 16.3. The summed E-state index contributed by atoms with van der Waals surface area (Å²) < 4.78 is 13.4. The number of rotatable bonds is 12. The molecule has 0 heterocycles. The fourth-order valence-electron chi connectivity index (χ4n) is 2.90. The molecule has 8 nitrogen and oxygen atoms in total. The van der Waals surface area contributed by atoms with E-state index in [2.05, 4.69) is 73.0 Å². The lowest BCUT2D eigenvalue weighted by molar-refractivity contribution is -0.384. The van der Waals surface area contributed by atoms with Gasteiger partial charge in [-0.2, -0.15) is 0 Å². The van der Waals surface area contributed by atoms with Gasteiger partial charge >= 0.3 is 0 Å². The summed E-state index contributed by atoms with van der Waals surface area (Å²) in [6.07, 6.45) is 0.0205. The number of amides is 1. The molecule has 0 saturated heterocycles. The molecule has 2 atom stereocenters. The van der Waals surface area contributed by atoms with Gasteiger partial charge in [0.1, 0.15) is 0 Å². The zero-order valence-electron chi connectivity index (χ0n) is 23.2. The first kappa shape index (κ1) is 31.4. The molecule has 1 aromatic rings. The van der Waals surface area contributed by atoms with E-state index < -0.39 is 33.7 Å². The first-order valence-corrected chi connectivity index (χ1v) is 18.1. The van der Waals surface area contributed by atoms with Crippen LogP contribution in [0.25, 0.3) is 0 Å². The lowest BCUT2D eigenvalue weighted by atomic mass is 10.0. The molecule has 0 fully saturated rings. The molecule has 0 aliphatic carbocycles. The van der Waals surface area contributed by atoms with E-state index in [1.165, 1.54) is 12.1 Å². The summed E-state index contributed by atoms with van der Waals surface area (Å²) in [5, 5.41) is 23.4. The lowest BCUT2D eigenvalue weighted by Crippen LogP contribution is -2.52. The number of aliphatic hydroxyl groups is 1. The molecule has 2 N–H and O–H groups in total. The smallest absolute Gasteiger partial charge is 0.269 e. The zero-order valence-corrected chi connectivity index (χ0v) is 25.2. The van der Waals surface area contributed by atoms with Gasteiger partial charge in [0.15, 0.2) is 16.6 Å². The molecule has 10 heteroatoms.